The molecule has 122 valence electrons. The Balaban J connectivity index is 2.30. The van der Waals surface area contributed by atoms with Crippen LogP contribution in [0.1, 0.15) is 13.8 Å². The summed E-state index contributed by atoms with van der Waals surface area (Å²) in [6.45, 7) is 3.75. The van der Waals surface area contributed by atoms with Crippen LogP contribution in [0.15, 0.2) is 29.2 Å². The number of carbonyl (C=O) groups is 1. The van der Waals surface area contributed by atoms with E-state index in [9.17, 15) is 17.6 Å². The molecule has 0 saturated carbocycles. The van der Waals surface area contributed by atoms with Crippen molar-refractivity contribution in [1.29, 1.82) is 0 Å². The molecule has 0 aromatic heterocycles. The number of amides is 1. The fourth-order valence-electron chi connectivity index (χ4n) is 2.09. The fraction of sp³-hybridized carbons (Fsp3) is 0.500. The first-order valence-corrected chi connectivity index (χ1v) is 9.46. The molecule has 1 aliphatic heterocycles. The highest BCUT2D eigenvalue weighted by atomic mass is 32.2. The van der Waals surface area contributed by atoms with Crippen LogP contribution in [0.25, 0.3) is 0 Å². The predicted octanol–water partition coefficient (Wildman–Crippen LogP) is 1.76. The molecule has 1 saturated heterocycles. The zero-order valence-electron chi connectivity index (χ0n) is 12.7. The Morgan fingerprint density at radius 3 is 2.50 bits per heavy atom. The Bertz CT molecular complexity index is 647. The Hall–Kier alpha value is -1.12. The average molecular weight is 346 g/mol. The van der Waals surface area contributed by atoms with Gasteiger partial charge in [0.2, 0.25) is 15.9 Å². The van der Waals surface area contributed by atoms with E-state index in [-0.39, 0.29) is 22.7 Å². The summed E-state index contributed by atoms with van der Waals surface area (Å²) in [7, 11) is -2.15. The molecule has 0 N–H and O–H groups in total. The minimum absolute atomic E-state index is 0.00130. The van der Waals surface area contributed by atoms with Gasteiger partial charge in [0, 0.05) is 18.8 Å². The van der Waals surface area contributed by atoms with Gasteiger partial charge in [-0.15, -0.1) is 11.8 Å². The van der Waals surface area contributed by atoms with E-state index in [1.54, 1.807) is 11.9 Å². The molecule has 1 aliphatic rings. The standard InChI is InChI=1S/C14H19FN2O3S2/c1-10(2)16(3)14(18)13-8-21-9-17(13)22(19,20)12-6-4-11(15)5-7-12/h4-7,10,13H,8-9H2,1-3H3/t13-/m1/s1. The van der Waals surface area contributed by atoms with E-state index in [1.807, 2.05) is 13.8 Å². The van der Waals surface area contributed by atoms with E-state index < -0.39 is 21.9 Å². The molecule has 1 heterocycles. The summed E-state index contributed by atoms with van der Waals surface area (Å²) in [4.78, 5) is 14.0. The molecule has 1 aromatic rings. The van der Waals surface area contributed by atoms with Crippen LogP contribution in [0.4, 0.5) is 4.39 Å². The van der Waals surface area contributed by atoms with Crippen molar-refractivity contribution in [2.24, 2.45) is 0 Å². The maximum atomic E-state index is 13.0. The predicted molar refractivity (Wildman–Crippen MR) is 84.4 cm³/mol. The molecule has 0 bridgehead atoms. The third-order valence-corrected chi connectivity index (χ3v) is 6.71. The van der Waals surface area contributed by atoms with E-state index >= 15 is 0 Å². The second-order valence-corrected chi connectivity index (χ2v) is 8.29. The van der Waals surface area contributed by atoms with Crippen LogP contribution in [0.5, 0.6) is 0 Å². The number of benzene rings is 1. The zero-order valence-corrected chi connectivity index (χ0v) is 14.3. The van der Waals surface area contributed by atoms with E-state index in [2.05, 4.69) is 0 Å². The van der Waals surface area contributed by atoms with Crippen molar-refractivity contribution in [1.82, 2.24) is 9.21 Å². The first-order valence-electron chi connectivity index (χ1n) is 6.87. The number of halogens is 1. The van der Waals surface area contributed by atoms with E-state index in [0.717, 1.165) is 12.1 Å². The van der Waals surface area contributed by atoms with Gasteiger partial charge in [-0.25, -0.2) is 12.8 Å². The first kappa shape index (κ1) is 17.2. The van der Waals surface area contributed by atoms with Crippen LogP contribution in [-0.2, 0) is 14.8 Å². The Morgan fingerprint density at radius 1 is 1.36 bits per heavy atom. The van der Waals surface area contributed by atoms with Crippen molar-refractivity contribution in [3.63, 3.8) is 0 Å². The summed E-state index contributed by atoms with van der Waals surface area (Å²) >= 11 is 1.40. The molecular formula is C14H19FN2O3S2. The van der Waals surface area contributed by atoms with Gasteiger partial charge in [0.25, 0.3) is 0 Å². The second kappa shape index (κ2) is 6.55. The average Bonchev–Trinajstić information content (AvgIpc) is 2.96. The van der Waals surface area contributed by atoms with Crippen molar-refractivity contribution >= 4 is 27.7 Å². The summed E-state index contributed by atoms with van der Waals surface area (Å²) in [5.74, 6) is -0.0640. The number of hydrogen-bond donors (Lipinski definition) is 0. The zero-order chi connectivity index (χ0) is 16.5. The number of hydrogen-bond acceptors (Lipinski definition) is 4. The summed E-state index contributed by atoms with van der Waals surface area (Å²) in [5, 5.41) is 0. The van der Waals surface area contributed by atoms with Gasteiger partial charge in [-0.2, -0.15) is 4.31 Å². The lowest BCUT2D eigenvalue weighted by atomic mass is 10.2. The lowest BCUT2D eigenvalue weighted by Gasteiger charge is -2.29. The van der Waals surface area contributed by atoms with Gasteiger partial charge in [0.1, 0.15) is 11.9 Å². The Labute approximate surface area is 134 Å². The van der Waals surface area contributed by atoms with Gasteiger partial charge in [0.05, 0.1) is 10.8 Å². The van der Waals surface area contributed by atoms with Crippen LogP contribution in [0, 0.1) is 5.82 Å². The first-order chi connectivity index (χ1) is 10.2. The monoisotopic (exact) mass is 346 g/mol. The van der Waals surface area contributed by atoms with E-state index in [1.165, 1.54) is 28.2 Å². The number of rotatable bonds is 4. The van der Waals surface area contributed by atoms with Gasteiger partial charge < -0.3 is 4.90 Å². The summed E-state index contributed by atoms with van der Waals surface area (Å²) < 4.78 is 39.5. The molecule has 1 atom stereocenters. The molecule has 0 radical (unpaired) electrons. The van der Waals surface area contributed by atoms with Crippen LogP contribution in [0.2, 0.25) is 0 Å². The van der Waals surface area contributed by atoms with Crippen LogP contribution >= 0.6 is 11.8 Å². The Kier molecular flexibility index (Phi) is 5.14. The Morgan fingerprint density at radius 2 is 1.95 bits per heavy atom. The SMILES string of the molecule is CC(C)N(C)C(=O)[C@H]1CSCN1S(=O)(=O)c1ccc(F)cc1. The maximum absolute atomic E-state index is 13.0. The van der Waals surface area contributed by atoms with Gasteiger partial charge >= 0.3 is 0 Å². The second-order valence-electron chi connectivity index (χ2n) is 5.40. The molecule has 1 fully saturated rings. The lowest BCUT2D eigenvalue weighted by molar-refractivity contribution is -0.134. The van der Waals surface area contributed by atoms with Crippen molar-refractivity contribution in [3.8, 4) is 0 Å². The number of nitrogens with zero attached hydrogens (tertiary/aromatic N) is 2. The van der Waals surface area contributed by atoms with Crippen molar-refractivity contribution in [2.75, 3.05) is 18.7 Å². The highest BCUT2D eigenvalue weighted by Gasteiger charge is 2.41. The molecule has 5 nitrogen and oxygen atoms in total. The number of sulfonamides is 1. The lowest BCUT2D eigenvalue weighted by Crippen LogP contribution is -2.49. The van der Waals surface area contributed by atoms with Crippen molar-refractivity contribution < 1.29 is 17.6 Å². The number of thioether (sulfide) groups is 1. The van der Waals surface area contributed by atoms with Crippen molar-refractivity contribution in [3.05, 3.63) is 30.1 Å². The highest BCUT2D eigenvalue weighted by Crippen LogP contribution is 2.29. The summed E-state index contributed by atoms with van der Waals surface area (Å²) in [6.07, 6.45) is 0. The largest absolute Gasteiger partial charge is 0.342 e. The van der Waals surface area contributed by atoms with Crippen LogP contribution in [0.3, 0.4) is 0 Å². The fourth-order valence-corrected chi connectivity index (χ4v) is 5.22. The molecule has 0 spiro atoms. The van der Waals surface area contributed by atoms with Gasteiger partial charge in [0.15, 0.2) is 0 Å². The molecule has 0 aliphatic carbocycles. The number of likely N-dealkylation sites (N-methyl/N-ethyl adjacent to an activating group) is 1. The van der Waals surface area contributed by atoms with Crippen LogP contribution in [-0.4, -0.2) is 54.3 Å². The van der Waals surface area contributed by atoms with E-state index in [0.29, 0.717) is 5.75 Å². The summed E-state index contributed by atoms with van der Waals surface area (Å²) in [6, 6.07) is 3.93. The molecule has 8 heteroatoms. The minimum atomic E-state index is -3.81. The smallest absolute Gasteiger partial charge is 0.244 e. The van der Waals surface area contributed by atoms with Gasteiger partial charge in [-0.1, -0.05) is 0 Å². The number of carbonyl (C=O) groups excluding carboxylic acids is 1. The normalized spacial score (nSPS) is 19.6. The van der Waals surface area contributed by atoms with Crippen molar-refractivity contribution in [2.45, 2.75) is 30.8 Å². The van der Waals surface area contributed by atoms with Gasteiger partial charge in [-0.3, -0.25) is 4.79 Å². The van der Waals surface area contributed by atoms with Crippen LogP contribution < -0.4 is 0 Å². The highest BCUT2D eigenvalue weighted by molar-refractivity contribution is 8.00. The minimum Gasteiger partial charge on any atom is -0.342 e. The maximum Gasteiger partial charge on any atom is 0.244 e. The molecular weight excluding hydrogens is 327 g/mol. The topological polar surface area (TPSA) is 57.7 Å². The summed E-state index contributed by atoms with van der Waals surface area (Å²) in [5.41, 5.74) is 0. The quantitative estimate of drug-likeness (QED) is 0.833. The molecule has 22 heavy (non-hydrogen) atoms. The molecule has 1 aromatic carbocycles. The molecule has 1 amide bonds. The third-order valence-electron chi connectivity index (χ3n) is 3.67. The van der Waals surface area contributed by atoms with E-state index in [4.69, 9.17) is 0 Å². The molecule has 0 unspecified atom stereocenters. The third kappa shape index (κ3) is 3.28. The van der Waals surface area contributed by atoms with Gasteiger partial charge in [-0.05, 0) is 38.1 Å². The molecule has 2 rings (SSSR count).